The summed E-state index contributed by atoms with van der Waals surface area (Å²) in [5.41, 5.74) is 1.30. The number of rotatable bonds is 5. The molecule has 1 aromatic heterocycles. The molecule has 0 aromatic carbocycles. The van der Waals surface area contributed by atoms with Crippen molar-refractivity contribution in [1.82, 2.24) is 20.3 Å². The van der Waals surface area contributed by atoms with Gasteiger partial charge in [-0.1, -0.05) is 5.21 Å². The molecule has 0 spiro atoms. The van der Waals surface area contributed by atoms with Crippen molar-refractivity contribution in [2.45, 2.75) is 38.1 Å². The smallest absolute Gasteiger partial charge is 0.0833 e. The van der Waals surface area contributed by atoms with Gasteiger partial charge in [0, 0.05) is 44.3 Å². The lowest BCUT2D eigenvalue weighted by Crippen LogP contribution is -2.43. The molecule has 1 saturated carbocycles. The minimum atomic E-state index is 0.219. The summed E-state index contributed by atoms with van der Waals surface area (Å²) < 4.78 is 7.50. The van der Waals surface area contributed by atoms with Gasteiger partial charge in [0.2, 0.25) is 0 Å². The van der Waals surface area contributed by atoms with Crippen molar-refractivity contribution >= 4 is 0 Å². The van der Waals surface area contributed by atoms with Crippen LogP contribution in [0.5, 0.6) is 0 Å². The number of nitrogens with zero attached hydrogens (tertiary/aromatic N) is 3. The average molecular weight is 250 g/mol. The number of hydrogen-bond acceptors (Lipinski definition) is 4. The molecule has 1 atom stereocenters. The highest BCUT2D eigenvalue weighted by Crippen LogP contribution is 2.32. The molecule has 1 unspecified atom stereocenters. The van der Waals surface area contributed by atoms with Crippen LogP contribution in [-0.2, 0) is 18.2 Å². The fourth-order valence-corrected chi connectivity index (χ4v) is 2.76. The SMILES string of the molecule is Cn1cc(CC2(CNC3CC3)CCCOC2)nn1. The maximum absolute atomic E-state index is 5.72. The highest BCUT2D eigenvalue weighted by atomic mass is 16.5. The van der Waals surface area contributed by atoms with Gasteiger partial charge in [-0.3, -0.25) is 4.68 Å². The Labute approximate surface area is 108 Å². The molecule has 0 radical (unpaired) electrons. The van der Waals surface area contributed by atoms with Crippen molar-refractivity contribution in [3.05, 3.63) is 11.9 Å². The Kier molecular flexibility index (Phi) is 3.35. The zero-order valence-corrected chi connectivity index (χ0v) is 11.1. The van der Waals surface area contributed by atoms with E-state index in [-0.39, 0.29) is 5.41 Å². The zero-order chi connectivity index (χ0) is 12.4. The third-order valence-electron chi connectivity index (χ3n) is 3.95. The van der Waals surface area contributed by atoms with E-state index in [0.717, 1.165) is 44.3 Å². The highest BCUT2D eigenvalue weighted by molar-refractivity contribution is 5.01. The molecule has 1 N–H and O–H groups in total. The second-order valence-corrected chi connectivity index (χ2v) is 5.87. The second kappa shape index (κ2) is 4.97. The minimum absolute atomic E-state index is 0.219. The van der Waals surface area contributed by atoms with Crippen LogP contribution in [0, 0.1) is 5.41 Å². The van der Waals surface area contributed by atoms with E-state index in [0.29, 0.717) is 0 Å². The lowest BCUT2D eigenvalue weighted by molar-refractivity contribution is -0.00784. The first-order chi connectivity index (χ1) is 8.76. The van der Waals surface area contributed by atoms with Crippen molar-refractivity contribution in [1.29, 1.82) is 0 Å². The van der Waals surface area contributed by atoms with Crippen molar-refractivity contribution in [2.75, 3.05) is 19.8 Å². The first kappa shape index (κ1) is 12.1. The van der Waals surface area contributed by atoms with Gasteiger partial charge in [0.05, 0.1) is 12.3 Å². The Morgan fingerprint density at radius 2 is 2.44 bits per heavy atom. The molecule has 100 valence electrons. The van der Waals surface area contributed by atoms with E-state index in [2.05, 4.69) is 15.6 Å². The molecule has 2 heterocycles. The molecule has 1 aromatic rings. The van der Waals surface area contributed by atoms with E-state index < -0.39 is 0 Å². The van der Waals surface area contributed by atoms with Gasteiger partial charge in [-0.05, 0) is 25.7 Å². The standard InChI is InChI=1S/C13H22N4O/c1-17-8-12(15-16-17)7-13(5-2-6-18-10-13)9-14-11-3-4-11/h8,11,14H,2-7,9-10H2,1H3. The summed E-state index contributed by atoms with van der Waals surface area (Å²) in [6.07, 6.45) is 8.05. The van der Waals surface area contributed by atoms with Crippen molar-refractivity contribution in [3.8, 4) is 0 Å². The van der Waals surface area contributed by atoms with Crippen LogP contribution in [0.2, 0.25) is 0 Å². The number of aryl methyl sites for hydroxylation is 1. The molecule has 3 rings (SSSR count). The van der Waals surface area contributed by atoms with Gasteiger partial charge in [0.25, 0.3) is 0 Å². The number of ether oxygens (including phenoxy) is 1. The Morgan fingerprint density at radius 1 is 1.56 bits per heavy atom. The van der Waals surface area contributed by atoms with Gasteiger partial charge in [-0.15, -0.1) is 5.10 Å². The molecule has 2 fully saturated rings. The summed E-state index contributed by atoms with van der Waals surface area (Å²) in [4.78, 5) is 0. The molecule has 2 aliphatic rings. The normalized spacial score (nSPS) is 28.5. The monoisotopic (exact) mass is 250 g/mol. The molecule has 0 amide bonds. The molecule has 1 saturated heterocycles. The lowest BCUT2D eigenvalue weighted by atomic mass is 9.78. The third kappa shape index (κ3) is 2.90. The summed E-state index contributed by atoms with van der Waals surface area (Å²) in [6, 6.07) is 0.755. The van der Waals surface area contributed by atoms with E-state index in [1.807, 2.05) is 13.2 Å². The number of nitrogens with one attached hydrogen (secondary N) is 1. The molecular formula is C13H22N4O. The predicted molar refractivity (Wildman–Crippen MR) is 68.2 cm³/mol. The molecule has 5 nitrogen and oxygen atoms in total. The molecule has 1 aliphatic heterocycles. The van der Waals surface area contributed by atoms with E-state index in [1.54, 1.807) is 4.68 Å². The fourth-order valence-electron chi connectivity index (χ4n) is 2.76. The van der Waals surface area contributed by atoms with E-state index >= 15 is 0 Å². The summed E-state index contributed by atoms with van der Waals surface area (Å²) in [5, 5.41) is 11.9. The maximum Gasteiger partial charge on any atom is 0.0833 e. The van der Waals surface area contributed by atoms with E-state index in [9.17, 15) is 0 Å². The van der Waals surface area contributed by atoms with Crippen molar-refractivity contribution < 1.29 is 4.74 Å². The summed E-state index contributed by atoms with van der Waals surface area (Å²) >= 11 is 0. The van der Waals surface area contributed by atoms with Gasteiger partial charge in [-0.2, -0.15) is 0 Å². The highest BCUT2D eigenvalue weighted by Gasteiger charge is 2.35. The van der Waals surface area contributed by atoms with Gasteiger partial charge in [-0.25, -0.2) is 0 Å². The summed E-state index contributed by atoms with van der Waals surface area (Å²) in [7, 11) is 1.92. The van der Waals surface area contributed by atoms with Crippen LogP contribution in [0.25, 0.3) is 0 Å². The Hall–Kier alpha value is -0.940. The van der Waals surface area contributed by atoms with Crippen molar-refractivity contribution in [2.24, 2.45) is 12.5 Å². The van der Waals surface area contributed by atoms with E-state index in [1.165, 1.54) is 19.3 Å². The van der Waals surface area contributed by atoms with Crippen LogP contribution in [0.1, 0.15) is 31.4 Å². The Morgan fingerprint density at radius 3 is 3.06 bits per heavy atom. The third-order valence-corrected chi connectivity index (χ3v) is 3.95. The second-order valence-electron chi connectivity index (χ2n) is 5.87. The maximum atomic E-state index is 5.72. The largest absolute Gasteiger partial charge is 0.381 e. The summed E-state index contributed by atoms with van der Waals surface area (Å²) in [6.45, 7) is 2.81. The van der Waals surface area contributed by atoms with Crippen molar-refractivity contribution in [3.63, 3.8) is 0 Å². The molecule has 18 heavy (non-hydrogen) atoms. The number of hydrogen-bond donors (Lipinski definition) is 1. The van der Waals surface area contributed by atoms with E-state index in [4.69, 9.17) is 4.74 Å². The number of aromatic nitrogens is 3. The Bertz CT molecular complexity index is 393. The molecule has 1 aliphatic carbocycles. The quantitative estimate of drug-likeness (QED) is 0.844. The van der Waals surface area contributed by atoms with Crippen LogP contribution in [0.3, 0.4) is 0 Å². The van der Waals surface area contributed by atoms with Crippen LogP contribution < -0.4 is 5.32 Å². The van der Waals surface area contributed by atoms with Crippen LogP contribution in [0.4, 0.5) is 0 Å². The Balaban J connectivity index is 1.66. The van der Waals surface area contributed by atoms with Crippen LogP contribution in [0.15, 0.2) is 6.20 Å². The van der Waals surface area contributed by atoms with Crippen LogP contribution in [-0.4, -0.2) is 40.8 Å². The average Bonchev–Trinajstić information content (AvgIpc) is 3.12. The topological polar surface area (TPSA) is 52.0 Å². The molecular weight excluding hydrogens is 228 g/mol. The minimum Gasteiger partial charge on any atom is -0.381 e. The lowest BCUT2D eigenvalue weighted by Gasteiger charge is -2.37. The summed E-state index contributed by atoms with van der Waals surface area (Å²) in [5.74, 6) is 0. The molecule has 5 heteroatoms. The fraction of sp³-hybridized carbons (Fsp3) is 0.846. The first-order valence-electron chi connectivity index (χ1n) is 6.92. The van der Waals surface area contributed by atoms with Gasteiger partial charge < -0.3 is 10.1 Å². The van der Waals surface area contributed by atoms with Gasteiger partial charge in [0.15, 0.2) is 0 Å². The molecule has 0 bridgehead atoms. The first-order valence-corrected chi connectivity index (χ1v) is 6.92. The van der Waals surface area contributed by atoms with Crippen LogP contribution >= 0.6 is 0 Å². The zero-order valence-electron chi connectivity index (χ0n) is 11.1. The van der Waals surface area contributed by atoms with Gasteiger partial charge in [0.1, 0.15) is 0 Å². The predicted octanol–water partition coefficient (Wildman–Crippen LogP) is 0.906. The van der Waals surface area contributed by atoms with Gasteiger partial charge >= 0.3 is 0 Å².